The lowest BCUT2D eigenvalue weighted by molar-refractivity contribution is 0.159. The molecule has 0 heterocycles. The zero-order chi connectivity index (χ0) is 18.1. The second-order valence-electron chi connectivity index (χ2n) is 6.78. The molecule has 0 fully saturated rings. The first-order valence-corrected chi connectivity index (χ1v) is 8.54. The summed E-state index contributed by atoms with van der Waals surface area (Å²) < 4.78 is 6.36. The molecule has 1 aliphatic rings. The number of allylic oxidation sites excluding steroid dienone is 3. The van der Waals surface area contributed by atoms with Crippen molar-refractivity contribution in [1.82, 2.24) is 0 Å². The average Bonchev–Trinajstić information content (AvgIpc) is 2.86. The predicted molar refractivity (Wildman–Crippen MR) is 101 cm³/mol. The minimum absolute atomic E-state index is 0.0569. The van der Waals surface area contributed by atoms with Crippen molar-refractivity contribution in [2.24, 2.45) is 5.92 Å². The van der Waals surface area contributed by atoms with Crippen molar-refractivity contribution in [3.8, 4) is 17.2 Å². The molecule has 0 bridgehead atoms. The van der Waals surface area contributed by atoms with E-state index in [1.807, 2.05) is 38.1 Å². The van der Waals surface area contributed by atoms with Crippen molar-refractivity contribution in [2.75, 3.05) is 0 Å². The monoisotopic (exact) mass is 336 g/mol. The van der Waals surface area contributed by atoms with Gasteiger partial charge in [0, 0.05) is 28.7 Å². The minimum atomic E-state index is -0.215. The molecule has 3 rings (SSSR count). The topological polar surface area (TPSA) is 49.7 Å². The molecule has 2 aromatic rings. The van der Waals surface area contributed by atoms with Gasteiger partial charge >= 0.3 is 0 Å². The Morgan fingerprint density at radius 2 is 2.00 bits per heavy atom. The maximum absolute atomic E-state index is 10.1. The first-order valence-electron chi connectivity index (χ1n) is 8.54. The van der Waals surface area contributed by atoms with Crippen LogP contribution in [0.1, 0.15) is 42.2 Å². The van der Waals surface area contributed by atoms with E-state index in [0.717, 1.165) is 40.0 Å². The fraction of sp³-hybridized carbons (Fsp3) is 0.273. The van der Waals surface area contributed by atoms with E-state index in [9.17, 15) is 10.2 Å². The molecule has 0 saturated heterocycles. The second kappa shape index (κ2) is 6.67. The average molecular weight is 336 g/mol. The Morgan fingerprint density at radius 3 is 2.72 bits per heavy atom. The van der Waals surface area contributed by atoms with Crippen LogP contribution in [-0.4, -0.2) is 10.2 Å². The third kappa shape index (κ3) is 3.27. The van der Waals surface area contributed by atoms with Gasteiger partial charge in [0.25, 0.3) is 0 Å². The van der Waals surface area contributed by atoms with Gasteiger partial charge in [0.05, 0.1) is 0 Å². The zero-order valence-electron chi connectivity index (χ0n) is 14.9. The van der Waals surface area contributed by atoms with E-state index in [4.69, 9.17) is 4.74 Å². The van der Waals surface area contributed by atoms with Crippen molar-refractivity contribution in [2.45, 2.75) is 33.3 Å². The smallest absolute Gasteiger partial charge is 0.128 e. The number of phenolic OH excluding ortho intramolecular Hbond substituents is 2. The van der Waals surface area contributed by atoms with E-state index >= 15 is 0 Å². The van der Waals surface area contributed by atoms with Crippen molar-refractivity contribution in [1.29, 1.82) is 0 Å². The molecular formula is C22H24O3. The summed E-state index contributed by atoms with van der Waals surface area (Å²) in [7, 11) is 0. The standard InChI is InChI=1S/C22H24O3/c1-5-6-14(3)17-9-13(2)7-8-21(17)25-22-15(4)10-18-19(22)11-16(23)12-20(18)24/h5-9,11-12,15,22-24H,3,10H2,1-2,4H3/b6-5-/t15?,22-/m1/s1. The van der Waals surface area contributed by atoms with Crippen LogP contribution in [0.5, 0.6) is 17.2 Å². The molecule has 3 heteroatoms. The number of rotatable bonds is 4. The molecule has 0 spiro atoms. The number of fused-ring (bicyclic) bond motifs is 1. The number of ether oxygens (including phenoxy) is 1. The first-order chi connectivity index (χ1) is 11.9. The second-order valence-corrected chi connectivity index (χ2v) is 6.78. The van der Waals surface area contributed by atoms with Gasteiger partial charge in [0.1, 0.15) is 23.4 Å². The lowest BCUT2D eigenvalue weighted by atomic mass is 10.0. The molecule has 25 heavy (non-hydrogen) atoms. The highest BCUT2D eigenvalue weighted by molar-refractivity contribution is 5.76. The molecular weight excluding hydrogens is 312 g/mol. The Morgan fingerprint density at radius 1 is 1.24 bits per heavy atom. The van der Waals surface area contributed by atoms with E-state index in [0.29, 0.717) is 0 Å². The number of hydrogen-bond donors (Lipinski definition) is 2. The summed E-state index contributed by atoms with van der Waals surface area (Å²) in [5.41, 5.74) is 4.71. The predicted octanol–water partition coefficient (Wildman–Crippen LogP) is 5.31. The van der Waals surface area contributed by atoms with Gasteiger partial charge in [-0.15, -0.1) is 0 Å². The van der Waals surface area contributed by atoms with E-state index < -0.39 is 0 Å². The summed E-state index contributed by atoms with van der Waals surface area (Å²) in [4.78, 5) is 0. The van der Waals surface area contributed by atoms with Gasteiger partial charge in [-0.3, -0.25) is 0 Å². The fourth-order valence-corrected chi connectivity index (χ4v) is 3.48. The summed E-state index contributed by atoms with van der Waals surface area (Å²) >= 11 is 0. The summed E-state index contributed by atoms with van der Waals surface area (Å²) in [6.07, 6.45) is 4.43. The largest absolute Gasteiger partial charge is 0.508 e. The van der Waals surface area contributed by atoms with Gasteiger partial charge < -0.3 is 14.9 Å². The minimum Gasteiger partial charge on any atom is -0.508 e. The molecule has 2 atom stereocenters. The fourth-order valence-electron chi connectivity index (χ4n) is 3.48. The summed E-state index contributed by atoms with van der Waals surface area (Å²) in [5, 5.41) is 20.0. The molecule has 0 aliphatic heterocycles. The highest BCUT2D eigenvalue weighted by Gasteiger charge is 2.34. The van der Waals surface area contributed by atoms with Crippen LogP contribution in [0.15, 0.2) is 49.1 Å². The van der Waals surface area contributed by atoms with E-state index in [1.165, 1.54) is 6.07 Å². The molecule has 1 aliphatic carbocycles. The Hall–Kier alpha value is -2.68. The van der Waals surface area contributed by atoms with Crippen LogP contribution in [0.25, 0.3) is 5.57 Å². The maximum Gasteiger partial charge on any atom is 0.128 e. The maximum atomic E-state index is 10.1. The lowest BCUT2D eigenvalue weighted by Gasteiger charge is -2.22. The molecule has 2 aromatic carbocycles. The molecule has 2 N–H and O–H groups in total. The normalized spacial score (nSPS) is 19.2. The van der Waals surface area contributed by atoms with Crippen molar-refractivity contribution in [3.63, 3.8) is 0 Å². The van der Waals surface area contributed by atoms with Gasteiger partial charge in [0.2, 0.25) is 0 Å². The van der Waals surface area contributed by atoms with Crippen LogP contribution in [0, 0.1) is 12.8 Å². The lowest BCUT2D eigenvalue weighted by Crippen LogP contribution is -2.12. The molecule has 3 nitrogen and oxygen atoms in total. The van der Waals surface area contributed by atoms with Gasteiger partial charge in [-0.2, -0.15) is 0 Å². The Bertz CT molecular complexity index is 849. The summed E-state index contributed by atoms with van der Waals surface area (Å²) in [6.45, 7) is 10.2. The number of aromatic hydroxyl groups is 2. The Labute approximate surface area is 148 Å². The van der Waals surface area contributed by atoms with Gasteiger partial charge in [-0.1, -0.05) is 37.3 Å². The third-order valence-electron chi connectivity index (χ3n) is 4.70. The van der Waals surface area contributed by atoms with Crippen LogP contribution < -0.4 is 4.74 Å². The van der Waals surface area contributed by atoms with E-state index in [2.05, 4.69) is 19.6 Å². The SMILES string of the molecule is C=C(/C=C\C)c1cc(C)ccc1O[C@H]1c2cc(O)cc(O)c2CC1C. The molecule has 130 valence electrons. The van der Waals surface area contributed by atoms with Gasteiger partial charge in [0.15, 0.2) is 0 Å². The summed E-state index contributed by atoms with van der Waals surface area (Å²) in [5.74, 6) is 1.16. The molecule has 1 unspecified atom stereocenters. The van der Waals surface area contributed by atoms with Crippen LogP contribution >= 0.6 is 0 Å². The van der Waals surface area contributed by atoms with Crippen LogP contribution in [-0.2, 0) is 6.42 Å². The van der Waals surface area contributed by atoms with E-state index in [-0.39, 0.29) is 23.5 Å². The van der Waals surface area contributed by atoms with Gasteiger partial charge in [-0.25, -0.2) is 0 Å². The van der Waals surface area contributed by atoms with Gasteiger partial charge in [-0.05, 0) is 44.0 Å². The molecule has 0 saturated carbocycles. The molecule has 0 radical (unpaired) electrons. The number of aryl methyl sites for hydroxylation is 1. The number of benzene rings is 2. The van der Waals surface area contributed by atoms with Crippen LogP contribution in [0.2, 0.25) is 0 Å². The number of phenols is 2. The number of hydrogen-bond acceptors (Lipinski definition) is 3. The first kappa shape index (κ1) is 17.2. The van der Waals surface area contributed by atoms with Crippen molar-refractivity contribution >= 4 is 5.57 Å². The van der Waals surface area contributed by atoms with Crippen LogP contribution in [0.4, 0.5) is 0 Å². The summed E-state index contributed by atoms with van der Waals surface area (Å²) in [6, 6.07) is 9.13. The van der Waals surface area contributed by atoms with Crippen molar-refractivity contribution in [3.05, 3.63) is 71.3 Å². The highest BCUT2D eigenvalue weighted by atomic mass is 16.5. The highest BCUT2D eigenvalue weighted by Crippen LogP contribution is 2.45. The quantitative estimate of drug-likeness (QED) is 0.744. The Kier molecular flexibility index (Phi) is 4.58. The van der Waals surface area contributed by atoms with Crippen LogP contribution in [0.3, 0.4) is 0 Å². The third-order valence-corrected chi connectivity index (χ3v) is 4.70. The Balaban J connectivity index is 2.01. The van der Waals surface area contributed by atoms with E-state index in [1.54, 1.807) is 6.07 Å². The molecule has 0 amide bonds. The van der Waals surface area contributed by atoms with Crippen molar-refractivity contribution < 1.29 is 14.9 Å². The molecule has 0 aromatic heterocycles. The zero-order valence-corrected chi connectivity index (χ0v) is 14.9.